The van der Waals surface area contributed by atoms with Crippen LogP contribution in [0.1, 0.15) is 47.5 Å². The maximum atomic E-state index is 11.9. The first-order chi connectivity index (χ1) is 7.40. The molecule has 4 nitrogen and oxygen atoms in total. The fourth-order valence-corrected chi connectivity index (χ4v) is 1.74. The Morgan fingerprint density at radius 1 is 1.06 bits per heavy atom. The largest absolute Gasteiger partial charge is 0.466 e. The Bertz CT molecular complexity index is 228. The van der Waals surface area contributed by atoms with Crippen LogP contribution in [0, 0.1) is 0 Å². The highest BCUT2D eigenvalue weighted by atomic mass is 16.5. The van der Waals surface area contributed by atoms with E-state index in [1.165, 1.54) is 0 Å². The molecule has 1 amide bonds. The van der Waals surface area contributed by atoms with Crippen molar-refractivity contribution in [2.45, 2.75) is 59.5 Å². The predicted octanol–water partition coefficient (Wildman–Crippen LogP) is 1.98. The Labute approximate surface area is 98.0 Å². The summed E-state index contributed by atoms with van der Waals surface area (Å²) < 4.78 is 4.78. The van der Waals surface area contributed by atoms with E-state index in [0.717, 1.165) is 0 Å². The Hall–Kier alpha value is -1.06. The van der Waals surface area contributed by atoms with E-state index in [4.69, 9.17) is 4.74 Å². The Morgan fingerprint density at radius 2 is 1.56 bits per heavy atom. The molecule has 0 aliphatic heterocycles. The van der Waals surface area contributed by atoms with Crippen molar-refractivity contribution in [3.63, 3.8) is 0 Å². The van der Waals surface area contributed by atoms with Gasteiger partial charge in [-0.2, -0.15) is 0 Å². The van der Waals surface area contributed by atoms with Crippen LogP contribution >= 0.6 is 0 Å². The summed E-state index contributed by atoms with van der Waals surface area (Å²) in [5.41, 5.74) is 0. The first kappa shape index (κ1) is 14.9. The third-order valence-electron chi connectivity index (χ3n) is 2.25. The minimum atomic E-state index is -0.302. The lowest BCUT2D eigenvalue weighted by Gasteiger charge is -2.30. The second-order valence-electron chi connectivity index (χ2n) is 4.29. The number of esters is 1. The number of hydrogen-bond donors (Lipinski definition) is 0. The maximum Gasteiger partial charge on any atom is 0.306 e. The molecule has 0 unspecified atom stereocenters. The number of rotatable bonds is 6. The zero-order valence-corrected chi connectivity index (χ0v) is 10.9. The van der Waals surface area contributed by atoms with Crippen molar-refractivity contribution in [1.29, 1.82) is 0 Å². The summed E-state index contributed by atoms with van der Waals surface area (Å²) in [7, 11) is 0. The smallest absolute Gasteiger partial charge is 0.306 e. The summed E-state index contributed by atoms with van der Waals surface area (Å²) >= 11 is 0. The quantitative estimate of drug-likeness (QED) is 0.654. The van der Waals surface area contributed by atoms with Crippen LogP contribution in [0.25, 0.3) is 0 Å². The number of nitrogens with zero attached hydrogens (tertiary/aromatic N) is 1. The number of carbonyl (C=O) groups is 2. The lowest BCUT2D eigenvalue weighted by Crippen LogP contribution is -2.42. The van der Waals surface area contributed by atoms with Gasteiger partial charge in [-0.1, -0.05) is 0 Å². The third kappa shape index (κ3) is 5.14. The van der Waals surface area contributed by atoms with E-state index in [0.29, 0.717) is 6.61 Å². The van der Waals surface area contributed by atoms with Crippen LogP contribution in [-0.2, 0) is 14.3 Å². The first-order valence-electron chi connectivity index (χ1n) is 5.86. The van der Waals surface area contributed by atoms with Gasteiger partial charge in [0.15, 0.2) is 0 Å². The van der Waals surface area contributed by atoms with Gasteiger partial charge in [0, 0.05) is 18.5 Å². The van der Waals surface area contributed by atoms with Crippen molar-refractivity contribution in [3.05, 3.63) is 0 Å². The summed E-state index contributed by atoms with van der Waals surface area (Å²) in [4.78, 5) is 24.8. The van der Waals surface area contributed by atoms with Gasteiger partial charge in [0.25, 0.3) is 0 Å². The number of ether oxygens (including phenoxy) is 1. The minimum absolute atomic E-state index is 0.0121. The molecule has 4 heteroatoms. The molecule has 0 aliphatic carbocycles. The van der Waals surface area contributed by atoms with E-state index in [1.807, 2.05) is 27.7 Å². The molecule has 0 heterocycles. The van der Waals surface area contributed by atoms with E-state index in [1.54, 1.807) is 11.8 Å². The highest BCUT2D eigenvalue weighted by molar-refractivity contribution is 5.81. The molecule has 0 aromatic heterocycles. The molecule has 0 radical (unpaired) electrons. The fourth-order valence-electron chi connectivity index (χ4n) is 1.74. The van der Waals surface area contributed by atoms with Gasteiger partial charge in [0.2, 0.25) is 5.91 Å². The first-order valence-corrected chi connectivity index (χ1v) is 5.86. The zero-order chi connectivity index (χ0) is 12.7. The standard InChI is InChI=1S/C12H23NO3/c1-6-16-12(15)8-7-11(14)13(9(2)3)10(4)5/h9-10H,6-8H2,1-5H3. The molecule has 0 saturated carbocycles. The average molecular weight is 229 g/mol. The summed E-state index contributed by atoms with van der Waals surface area (Å²) in [6.07, 6.45) is 0.401. The van der Waals surface area contributed by atoms with Crippen molar-refractivity contribution >= 4 is 11.9 Å². The van der Waals surface area contributed by atoms with Crippen LogP contribution in [0.4, 0.5) is 0 Å². The molecule has 0 aromatic rings. The normalized spacial score (nSPS) is 10.7. The molecule has 0 fully saturated rings. The van der Waals surface area contributed by atoms with Gasteiger partial charge in [-0.05, 0) is 34.6 Å². The maximum absolute atomic E-state index is 11.9. The zero-order valence-electron chi connectivity index (χ0n) is 10.9. The number of amides is 1. The summed E-state index contributed by atoms with van der Waals surface area (Å²) in [6, 6.07) is 0.324. The van der Waals surface area contributed by atoms with E-state index in [2.05, 4.69) is 0 Å². The Balaban J connectivity index is 4.17. The molecule has 94 valence electrons. The summed E-state index contributed by atoms with van der Waals surface area (Å²) in [6.45, 7) is 10.0. The molecule has 16 heavy (non-hydrogen) atoms. The monoisotopic (exact) mass is 229 g/mol. The van der Waals surface area contributed by atoms with Crippen molar-refractivity contribution in [3.8, 4) is 0 Å². The highest BCUT2D eigenvalue weighted by Gasteiger charge is 2.20. The van der Waals surface area contributed by atoms with Crippen molar-refractivity contribution in [2.75, 3.05) is 6.61 Å². The molecule has 0 rings (SSSR count). The molecular formula is C12H23NO3. The van der Waals surface area contributed by atoms with E-state index >= 15 is 0 Å². The van der Waals surface area contributed by atoms with Crippen LogP contribution in [-0.4, -0.2) is 35.5 Å². The topological polar surface area (TPSA) is 46.6 Å². The molecule has 0 spiro atoms. The van der Waals surface area contributed by atoms with Gasteiger partial charge in [-0.15, -0.1) is 0 Å². The van der Waals surface area contributed by atoms with Gasteiger partial charge < -0.3 is 9.64 Å². The minimum Gasteiger partial charge on any atom is -0.466 e. The van der Waals surface area contributed by atoms with Gasteiger partial charge in [-0.3, -0.25) is 9.59 Å². The molecule has 0 atom stereocenters. The van der Waals surface area contributed by atoms with Gasteiger partial charge >= 0.3 is 5.97 Å². The van der Waals surface area contributed by atoms with Crippen LogP contribution < -0.4 is 0 Å². The van der Waals surface area contributed by atoms with Crippen LogP contribution in [0.3, 0.4) is 0 Å². The summed E-state index contributed by atoms with van der Waals surface area (Å²) in [5, 5.41) is 0. The lowest BCUT2D eigenvalue weighted by atomic mass is 10.2. The Kier molecular flexibility index (Phi) is 6.77. The number of hydrogen-bond acceptors (Lipinski definition) is 3. The molecule has 0 bridgehead atoms. The molecule has 0 aliphatic rings. The van der Waals surface area contributed by atoms with Gasteiger partial charge in [-0.25, -0.2) is 0 Å². The number of carbonyl (C=O) groups excluding carboxylic acids is 2. The SMILES string of the molecule is CCOC(=O)CCC(=O)N(C(C)C)C(C)C. The average Bonchev–Trinajstić information content (AvgIpc) is 2.14. The predicted molar refractivity (Wildman–Crippen MR) is 63.0 cm³/mol. The molecular weight excluding hydrogens is 206 g/mol. The van der Waals surface area contributed by atoms with E-state index in [9.17, 15) is 9.59 Å². The second-order valence-corrected chi connectivity index (χ2v) is 4.29. The molecule has 0 saturated heterocycles. The van der Waals surface area contributed by atoms with Crippen molar-refractivity contribution in [2.24, 2.45) is 0 Å². The van der Waals surface area contributed by atoms with E-state index < -0.39 is 0 Å². The van der Waals surface area contributed by atoms with Crippen LogP contribution in [0.2, 0.25) is 0 Å². The Morgan fingerprint density at radius 3 is 1.94 bits per heavy atom. The van der Waals surface area contributed by atoms with Gasteiger partial charge in [0.1, 0.15) is 0 Å². The third-order valence-corrected chi connectivity index (χ3v) is 2.25. The summed E-state index contributed by atoms with van der Waals surface area (Å²) in [5.74, 6) is -0.290. The second kappa shape index (κ2) is 7.25. The molecule has 0 N–H and O–H groups in total. The lowest BCUT2D eigenvalue weighted by molar-refractivity contribution is -0.146. The molecule has 0 aromatic carbocycles. The van der Waals surface area contributed by atoms with Gasteiger partial charge in [0.05, 0.1) is 13.0 Å². The van der Waals surface area contributed by atoms with Crippen molar-refractivity contribution in [1.82, 2.24) is 4.90 Å². The fraction of sp³-hybridized carbons (Fsp3) is 0.833. The van der Waals surface area contributed by atoms with Crippen LogP contribution in [0.5, 0.6) is 0 Å². The highest BCUT2D eigenvalue weighted by Crippen LogP contribution is 2.09. The van der Waals surface area contributed by atoms with Crippen molar-refractivity contribution < 1.29 is 14.3 Å². The van der Waals surface area contributed by atoms with Crippen LogP contribution in [0.15, 0.2) is 0 Å². The van der Waals surface area contributed by atoms with E-state index in [-0.39, 0.29) is 36.8 Å².